The Morgan fingerprint density at radius 2 is 1.10 bits per heavy atom. The van der Waals surface area contributed by atoms with E-state index in [0.29, 0.717) is 23.9 Å². The zero-order chi connectivity index (χ0) is 22.0. The number of rotatable bonds is 8. The number of hydrogen-bond acceptors (Lipinski definition) is 2. The van der Waals surface area contributed by atoms with Crippen molar-refractivity contribution in [2.24, 2.45) is 23.7 Å². The molecule has 0 radical (unpaired) electrons. The normalized spacial score (nSPS) is 28.1. The fraction of sp³-hybridized carbons (Fsp3) is 0.786. The molecular formula is C28H48N2. The first-order valence-electron chi connectivity index (χ1n) is 12.8. The second-order valence-corrected chi connectivity index (χ2v) is 11.4. The van der Waals surface area contributed by atoms with Gasteiger partial charge in [-0.15, -0.1) is 0 Å². The molecule has 2 saturated heterocycles. The Bertz CT molecular complexity index is 630. The van der Waals surface area contributed by atoms with Crippen LogP contribution in [-0.4, -0.2) is 35.6 Å². The van der Waals surface area contributed by atoms with Gasteiger partial charge in [-0.3, -0.25) is 4.90 Å². The Labute approximate surface area is 187 Å². The van der Waals surface area contributed by atoms with Crippen LogP contribution in [0.25, 0.3) is 0 Å². The van der Waals surface area contributed by atoms with Gasteiger partial charge in [0.25, 0.3) is 0 Å². The summed E-state index contributed by atoms with van der Waals surface area (Å²) in [6.07, 6.45) is 6.60. The van der Waals surface area contributed by atoms with Gasteiger partial charge in [-0.05, 0) is 67.4 Å². The maximum Gasteiger partial charge on any atom is 0.0404 e. The fourth-order valence-corrected chi connectivity index (χ4v) is 6.44. The molecule has 2 fully saturated rings. The molecule has 2 heteroatoms. The lowest BCUT2D eigenvalue weighted by atomic mass is 9.98. The Hall–Kier alpha value is -1.02. The largest absolute Gasteiger partial charge is 0.365 e. The SMILES string of the molecule is CC(C)C1CC[C@H](C(C)C)N1CCc1ccccc1N1C(C(C)C)CC[C@@H]1C(C)C. The first kappa shape index (κ1) is 23.6. The van der Waals surface area contributed by atoms with Gasteiger partial charge in [0.05, 0.1) is 0 Å². The van der Waals surface area contributed by atoms with E-state index in [0.717, 1.165) is 23.9 Å². The Balaban J connectivity index is 1.84. The maximum absolute atomic E-state index is 2.87. The lowest BCUT2D eigenvalue weighted by molar-refractivity contribution is 0.133. The molecule has 0 amide bonds. The van der Waals surface area contributed by atoms with E-state index in [1.54, 1.807) is 5.56 Å². The molecule has 0 spiro atoms. The number of benzene rings is 1. The van der Waals surface area contributed by atoms with E-state index in [1.165, 1.54) is 44.3 Å². The van der Waals surface area contributed by atoms with Crippen molar-refractivity contribution in [2.75, 3.05) is 11.4 Å². The molecule has 0 aliphatic carbocycles. The highest BCUT2D eigenvalue weighted by atomic mass is 15.2. The summed E-state index contributed by atoms with van der Waals surface area (Å²) in [5.74, 6) is 2.91. The standard InChI is InChI=1S/C28H48N2/c1-19(2)24-13-14-25(20(3)4)29(24)18-17-23-11-9-10-12-28(23)30-26(21(5)6)15-16-27(30)22(7)8/h9-12,19-22,24-27H,13-18H2,1-8H3/t24-,25?,26-,27?/m1/s1. The van der Waals surface area contributed by atoms with Gasteiger partial charge < -0.3 is 4.90 Å². The lowest BCUT2D eigenvalue weighted by Gasteiger charge is -2.39. The molecule has 2 unspecified atom stereocenters. The molecule has 0 bridgehead atoms. The van der Waals surface area contributed by atoms with Crippen LogP contribution in [-0.2, 0) is 6.42 Å². The fourth-order valence-electron chi connectivity index (χ4n) is 6.44. The van der Waals surface area contributed by atoms with E-state index in [9.17, 15) is 0 Å². The first-order valence-corrected chi connectivity index (χ1v) is 12.8. The maximum atomic E-state index is 2.87. The van der Waals surface area contributed by atoms with Crippen molar-refractivity contribution >= 4 is 5.69 Å². The number of hydrogen-bond donors (Lipinski definition) is 0. The summed E-state index contributed by atoms with van der Waals surface area (Å²) < 4.78 is 0. The first-order chi connectivity index (χ1) is 14.2. The zero-order valence-corrected chi connectivity index (χ0v) is 21.1. The number of likely N-dealkylation sites (tertiary alicyclic amines) is 1. The van der Waals surface area contributed by atoms with Crippen LogP contribution in [0, 0.1) is 23.7 Å². The van der Waals surface area contributed by atoms with E-state index in [-0.39, 0.29) is 0 Å². The van der Waals surface area contributed by atoms with Crippen LogP contribution in [0.5, 0.6) is 0 Å². The molecule has 3 rings (SSSR count). The van der Waals surface area contributed by atoms with Gasteiger partial charge in [-0.1, -0.05) is 73.6 Å². The van der Waals surface area contributed by atoms with Crippen molar-refractivity contribution in [1.29, 1.82) is 0 Å². The molecule has 2 aliphatic heterocycles. The van der Waals surface area contributed by atoms with Gasteiger partial charge in [0.1, 0.15) is 0 Å². The third-order valence-corrected chi connectivity index (χ3v) is 8.07. The van der Waals surface area contributed by atoms with Crippen LogP contribution in [0.3, 0.4) is 0 Å². The molecule has 170 valence electrons. The van der Waals surface area contributed by atoms with Crippen LogP contribution < -0.4 is 4.90 Å². The van der Waals surface area contributed by atoms with Crippen molar-refractivity contribution in [3.63, 3.8) is 0 Å². The molecule has 2 nitrogen and oxygen atoms in total. The monoisotopic (exact) mass is 412 g/mol. The molecular weight excluding hydrogens is 364 g/mol. The number of anilines is 1. The van der Waals surface area contributed by atoms with E-state index >= 15 is 0 Å². The van der Waals surface area contributed by atoms with Gasteiger partial charge in [0.15, 0.2) is 0 Å². The molecule has 1 aromatic rings. The molecule has 0 N–H and O–H groups in total. The number of para-hydroxylation sites is 1. The molecule has 0 aromatic heterocycles. The summed E-state index contributed by atoms with van der Waals surface area (Å²) in [4.78, 5) is 5.70. The summed E-state index contributed by atoms with van der Waals surface area (Å²) in [5.41, 5.74) is 3.08. The molecule has 2 aliphatic rings. The lowest BCUT2D eigenvalue weighted by Crippen LogP contribution is -2.43. The van der Waals surface area contributed by atoms with Crippen LogP contribution in [0.15, 0.2) is 24.3 Å². The summed E-state index contributed by atoms with van der Waals surface area (Å²) in [7, 11) is 0. The van der Waals surface area contributed by atoms with Crippen LogP contribution >= 0.6 is 0 Å². The highest BCUT2D eigenvalue weighted by molar-refractivity contribution is 5.56. The Morgan fingerprint density at radius 3 is 1.57 bits per heavy atom. The van der Waals surface area contributed by atoms with Crippen molar-refractivity contribution < 1.29 is 0 Å². The van der Waals surface area contributed by atoms with Crippen molar-refractivity contribution in [3.05, 3.63) is 29.8 Å². The second kappa shape index (κ2) is 10.1. The molecule has 2 heterocycles. The van der Waals surface area contributed by atoms with Crippen LogP contribution in [0.4, 0.5) is 5.69 Å². The molecule has 1 aromatic carbocycles. The van der Waals surface area contributed by atoms with Gasteiger partial charge >= 0.3 is 0 Å². The summed E-state index contributed by atoms with van der Waals surface area (Å²) in [6.45, 7) is 20.5. The highest BCUT2D eigenvalue weighted by Crippen LogP contribution is 2.39. The van der Waals surface area contributed by atoms with Gasteiger partial charge in [-0.25, -0.2) is 0 Å². The molecule has 4 atom stereocenters. The minimum atomic E-state index is 0.678. The predicted octanol–water partition coefficient (Wildman–Crippen LogP) is 7.02. The van der Waals surface area contributed by atoms with Crippen molar-refractivity contribution in [1.82, 2.24) is 4.90 Å². The van der Waals surface area contributed by atoms with Gasteiger partial charge in [0.2, 0.25) is 0 Å². The van der Waals surface area contributed by atoms with Crippen molar-refractivity contribution in [3.8, 4) is 0 Å². The van der Waals surface area contributed by atoms with Gasteiger partial charge in [0, 0.05) is 36.4 Å². The minimum absolute atomic E-state index is 0.678. The average Bonchev–Trinajstić information content (AvgIpc) is 3.31. The van der Waals surface area contributed by atoms with E-state index in [2.05, 4.69) is 89.5 Å². The Kier molecular flexibility index (Phi) is 7.93. The molecule has 0 saturated carbocycles. The van der Waals surface area contributed by atoms with E-state index in [1.807, 2.05) is 0 Å². The Morgan fingerprint density at radius 1 is 0.667 bits per heavy atom. The van der Waals surface area contributed by atoms with Crippen molar-refractivity contribution in [2.45, 2.75) is 112 Å². The van der Waals surface area contributed by atoms with E-state index in [4.69, 9.17) is 0 Å². The molecule has 30 heavy (non-hydrogen) atoms. The highest BCUT2D eigenvalue weighted by Gasteiger charge is 2.38. The van der Waals surface area contributed by atoms with Crippen LogP contribution in [0.1, 0.15) is 86.6 Å². The topological polar surface area (TPSA) is 6.48 Å². The minimum Gasteiger partial charge on any atom is -0.365 e. The average molecular weight is 413 g/mol. The smallest absolute Gasteiger partial charge is 0.0404 e. The summed E-state index contributed by atoms with van der Waals surface area (Å²) >= 11 is 0. The van der Waals surface area contributed by atoms with Crippen LogP contribution in [0.2, 0.25) is 0 Å². The second-order valence-electron chi connectivity index (χ2n) is 11.4. The third-order valence-electron chi connectivity index (χ3n) is 8.07. The number of nitrogens with zero attached hydrogens (tertiary/aromatic N) is 2. The zero-order valence-electron chi connectivity index (χ0n) is 21.1. The van der Waals surface area contributed by atoms with Gasteiger partial charge in [-0.2, -0.15) is 0 Å². The summed E-state index contributed by atoms with van der Waals surface area (Å²) in [5, 5.41) is 0. The van der Waals surface area contributed by atoms with E-state index < -0.39 is 0 Å². The quantitative estimate of drug-likeness (QED) is 0.452. The summed E-state index contributed by atoms with van der Waals surface area (Å²) in [6, 6.07) is 12.2. The predicted molar refractivity (Wildman–Crippen MR) is 132 cm³/mol. The third kappa shape index (κ3) is 4.90.